The zero-order valence-electron chi connectivity index (χ0n) is 9.05. The van der Waals surface area contributed by atoms with Crippen LogP contribution in [0.2, 0.25) is 0 Å². The van der Waals surface area contributed by atoms with Gasteiger partial charge in [0.1, 0.15) is 0 Å². The van der Waals surface area contributed by atoms with Crippen LogP contribution < -0.4 is 0 Å². The molecule has 1 nitrogen and oxygen atoms in total. The Kier molecular flexibility index (Phi) is 6.30. The third kappa shape index (κ3) is 3.28. The van der Waals surface area contributed by atoms with Crippen molar-refractivity contribution in [2.45, 2.75) is 39.2 Å². The molecule has 75 valence electrons. The number of nitrogens with zero attached hydrogens (tertiary/aromatic N) is 1. The van der Waals surface area contributed by atoms with Crippen LogP contribution in [-0.4, -0.2) is 24.0 Å². The summed E-state index contributed by atoms with van der Waals surface area (Å²) in [6, 6.07) is 0.685. The van der Waals surface area contributed by atoms with E-state index in [1.54, 1.807) is 0 Å². The second-order valence-corrected chi connectivity index (χ2v) is 4.31. The van der Waals surface area contributed by atoms with Crippen LogP contribution >= 0.6 is 0 Å². The van der Waals surface area contributed by atoms with E-state index in [0.29, 0.717) is 11.5 Å². The van der Waals surface area contributed by atoms with Crippen LogP contribution in [0.15, 0.2) is 0 Å². The molecule has 0 bridgehead atoms. The molecule has 1 fully saturated rings. The predicted molar refractivity (Wildman–Crippen MR) is 53.7 cm³/mol. The van der Waals surface area contributed by atoms with Gasteiger partial charge >= 0.3 is 0 Å². The average Bonchev–Trinajstić information content (AvgIpc) is 2.49. The van der Waals surface area contributed by atoms with Gasteiger partial charge in [-0.2, -0.15) is 12.8 Å². The Morgan fingerprint density at radius 1 is 1.31 bits per heavy atom. The van der Waals surface area contributed by atoms with Gasteiger partial charge in [0.2, 0.25) is 0 Å². The van der Waals surface area contributed by atoms with E-state index < -0.39 is 0 Å². The third-order valence-electron chi connectivity index (χ3n) is 3.26. The average molecular weight is 256 g/mol. The molecule has 0 amide bonds. The summed E-state index contributed by atoms with van der Waals surface area (Å²) >= 11 is 0. The van der Waals surface area contributed by atoms with Crippen molar-refractivity contribution in [1.82, 2.24) is 4.90 Å². The first-order valence-electron chi connectivity index (χ1n) is 4.96. The normalized spacial score (nSPS) is 21.9. The van der Waals surface area contributed by atoms with Crippen molar-refractivity contribution in [3.63, 3.8) is 0 Å². The standard InChI is InChI=1S/C11H21N.Y/c1-5-11(6-2)7-8-12(9-11)10(3)4;/h10H,1-2,5-9H2,3-4H3;/q-2;. The minimum atomic E-state index is 0. The Hall–Kier alpha value is 1.06. The van der Waals surface area contributed by atoms with Crippen molar-refractivity contribution < 1.29 is 32.7 Å². The molecule has 2 heteroatoms. The topological polar surface area (TPSA) is 3.24 Å². The molecule has 0 aliphatic carbocycles. The molecule has 0 aromatic heterocycles. The molecule has 0 spiro atoms. The number of likely N-dealkylation sites (tertiary alicyclic amines) is 1. The molecular weight excluding hydrogens is 235 g/mol. The van der Waals surface area contributed by atoms with E-state index in [4.69, 9.17) is 0 Å². The van der Waals surface area contributed by atoms with Crippen LogP contribution in [0.5, 0.6) is 0 Å². The van der Waals surface area contributed by atoms with Crippen molar-refractivity contribution in [3.8, 4) is 0 Å². The molecule has 1 aliphatic heterocycles. The van der Waals surface area contributed by atoms with Gasteiger partial charge in [-0.05, 0) is 33.4 Å². The zero-order chi connectivity index (χ0) is 9.19. The van der Waals surface area contributed by atoms with Gasteiger partial charge in [0, 0.05) is 38.8 Å². The molecule has 1 radical (unpaired) electrons. The molecule has 1 saturated heterocycles. The first kappa shape index (κ1) is 14.1. The number of hydrogen-bond acceptors (Lipinski definition) is 1. The summed E-state index contributed by atoms with van der Waals surface area (Å²) in [5, 5.41) is 0. The van der Waals surface area contributed by atoms with Crippen LogP contribution in [0.3, 0.4) is 0 Å². The minimum absolute atomic E-state index is 0. The van der Waals surface area contributed by atoms with E-state index in [1.165, 1.54) is 19.5 Å². The van der Waals surface area contributed by atoms with Crippen molar-refractivity contribution in [3.05, 3.63) is 13.8 Å². The Morgan fingerprint density at radius 3 is 2.08 bits per heavy atom. The Bertz CT molecular complexity index is 141. The Labute approximate surface area is 109 Å². The van der Waals surface area contributed by atoms with E-state index in [-0.39, 0.29) is 32.7 Å². The first-order chi connectivity index (χ1) is 5.63. The van der Waals surface area contributed by atoms with E-state index in [1.807, 2.05) is 0 Å². The smallest absolute Gasteiger partial charge is 0.00387 e. The summed E-state index contributed by atoms with van der Waals surface area (Å²) in [6.45, 7) is 15.1. The Balaban J connectivity index is 0.00000144. The summed E-state index contributed by atoms with van der Waals surface area (Å²) < 4.78 is 0. The SMILES string of the molecule is [CH2-]CC1(C[CH2-])CCN(C(C)C)C1.[Y]. The minimum Gasteiger partial charge on any atom is -0.343 e. The van der Waals surface area contributed by atoms with Crippen molar-refractivity contribution in [2.24, 2.45) is 5.41 Å². The fraction of sp³-hybridized carbons (Fsp3) is 0.818. The van der Waals surface area contributed by atoms with Crippen LogP contribution in [0.25, 0.3) is 0 Å². The quantitative estimate of drug-likeness (QED) is 0.701. The van der Waals surface area contributed by atoms with E-state index >= 15 is 0 Å². The van der Waals surface area contributed by atoms with Gasteiger partial charge in [-0.3, -0.25) is 0 Å². The fourth-order valence-corrected chi connectivity index (χ4v) is 1.94. The maximum absolute atomic E-state index is 4.04. The van der Waals surface area contributed by atoms with Gasteiger partial charge in [-0.15, -0.1) is 0 Å². The summed E-state index contributed by atoms with van der Waals surface area (Å²) in [4.78, 5) is 2.54. The summed E-state index contributed by atoms with van der Waals surface area (Å²) in [6.07, 6.45) is 3.37. The van der Waals surface area contributed by atoms with Gasteiger partial charge in [0.15, 0.2) is 0 Å². The van der Waals surface area contributed by atoms with Crippen LogP contribution in [0.1, 0.15) is 33.1 Å². The molecule has 0 saturated carbocycles. The molecule has 1 aliphatic rings. The van der Waals surface area contributed by atoms with Crippen molar-refractivity contribution in [2.75, 3.05) is 13.1 Å². The van der Waals surface area contributed by atoms with E-state index in [9.17, 15) is 0 Å². The molecular formula is C11H21NY-2. The van der Waals surface area contributed by atoms with Crippen LogP contribution in [-0.2, 0) is 32.7 Å². The van der Waals surface area contributed by atoms with Gasteiger partial charge < -0.3 is 18.7 Å². The summed E-state index contributed by atoms with van der Waals surface area (Å²) in [7, 11) is 0. The summed E-state index contributed by atoms with van der Waals surface area (Å²) in [5.74, 6) is 0. The Morgan fingerprint density at radius 2 is 1.85 bits per heavy atom. The molecule has 0 N–H and O–H groups in total. The van der Waals surface area contributed by atoms with Crippen LogP contribution in [0, 0.1) is 19.3 Å². The van der Waals surface area contributed by atoms with E-state index in [2.05, 4.69) is 32.6 Å². The van der Waals surface area contributed by atoms with Crippen molar-refractivity contribution >= 4 is 0 Å². The van der Waals surface area contributed by atoms with Gasteiger partial charge in [-0.1, -0.05) is 5.41 Å². The second kappa shape index (κ2) is 5.83. The summed E-state index contributed by atoms with van der Waals surface area (Å²) in [5.41, 5.74) is 0.435. The fourth-order valence-electron chi connectivity index (χ4n) is 1.94. The largest absolute Gasteiger partial charge is 0.343 e. The second-order valence-electron chi connectivity index (χ2n) is 4.31. The molecule has 13 heavy (non-hydrogen) atoms. The zero-order valence-corrected chi connectivity index (χ0v) is 11.9. The number of rotatable bonds is 3. The van der Waals surface area contributed by atoms with E-state index in [0.717, 1.165) is 12.8 Å². The number of hydrogen-bond donors (Lipinski definition) is 0. The van der Waals surface area contributed by atoms with Gasteiger partial charge in [-0.25, -0.2) is 0 Å². The van der Waals surface area contributed by atoms with Crippen LogP contribution in [0.4, 0.5) is 0 Å². The molecule has 0 unspecified atom stereocenters. The maximum Gasteiger partial charge on any atom is 0.00387 e. The maximum atomic E-state index is 4.04. The molecule has 0 aromatic carbocycles. The van der Waals surface area contributed by atoms with Gasteiger partial charge in [0.25, 0.3) is 0 Å². The molecule has 1 rings (SSSR count). The molecule has 0 atom stereocenters. The third-order valence-corrected chi connectivity index (χ3v) is 3.26. The van der Waals surface area contributed by atoms with Gasteiger partial charge in [0.05, 0.1) is 0 Å². The molecule has 1 heterocycles. The predicted octanol–water partition coefficient (Wildman–Crippen LogP) is 2.53. The first-order valence-corrected chi connectivity index (χ1v) is 4.96. The van der Waals surface area contributed by atoms with Crippen molar-refractivity contribution in [1.29, 1.82) is 0 Å². The monoisotopic (exact) mass is 256 g/mol. The molecule has 0 aromatic rings.